The van der Waals surface area contributed by atoms with Gasteiger partial charge in [-0.3, -0.25) is 0 Å². The molecule has 2 nitrogen and oxygen atoms in total. The van der Waals surface area contributed by atoms with Gasteiger partial charge in [0.15, 0.2) is 8.32 Å². The molecule has 2 atom stereocenters. The van der Waals surface area contributed by atoms with Crippen molar-refractivity contribution >= 4 is 8.32 Å². The summed E-state index contributed by atoms with van der Waals surface area (Å²) in [6.07, 6.45) is 7.00. The molecular formula is C15H34O2Si. The first-order valence-electron chi connectivity index (χ1n) is 7.71. The second kappa shape index (κ2) is 9.11. The molecule has 0 spiro atoms. The van der Waals surface area contributed by atoms with Crippen LogP contribution < -0.4 is 0 Å². The summed E-state index contributed by atoms with van der Waals surface area (Å²) < 4.78 is 6.12. The van der Waals surface area contributed by atoms with E-state index >= 15 is 0 Å². The maximum Gasteiger partial charge on any atom is 0.192 e. The Kier molecular flexibility index (Phi) is 9.18. The van der Waals surface area contributed by atoms with E-state index in [2.05, 4.69) is 40.8 Å². The highest BCUT2D eigenvalue weighted by atomic mass is 28.4. The van der Waals surface area contributed by atoms with Gasteiger partial charge in [0.05, 0.1) is 6.10 Å². The van der Waals surface area contributed by atoms with Crippen molar-refractivity contribution < 1.29 is 9.53 Å². The summed E-state index contributed by atoms with van der Waals surface area (Å²) in [5.41, 5.74) is 0.363. The number of rotatable bonds is 10. The van der Waals surface area contributed by atoms with Gasteiger partial charge >= 0.3 is 0 Å². The molecular weight excluding hydrogens is 240 g/mol. The SMILES string of the molecule is CCCCCC[C@@H](O)[C@@H](CC)[Si](C)(C)OC(C)C. The second-order valence-corrected chi connectivity index (χ2v) is 10.4. The molecule has 0 aliphatic heterocycles. The van der Waals surface area contributed by atoms with Crippen LogP contribution in [0.15, 0.2) is 0 Å². The van der Waals surface area contributed by atoms with Gasteiger partial charge in [-0.15, -0.1) is 0 Å². The van der Waals surface area contributed by atoms with Gasteiger partial charge in [0.1, 0.15) is 0 Å². The van der Waals surface area contributed by atoms with Crippen molar-refractivity contribution in [2.75, 3.05) is 0 Å². The first-order valence-corrected chi connectivity index (χ1v) is 10.7. The molecule has 0 aromatic heterocycles. The second-order valence-electron chi connectivity index (χ2n) is 6.20. The van der Waals surface area contributed by atoms with Crippen LogP contribution in [0.2, 0.25) is 18.6 Å². The number of aliphatic hydroxyl groups is 1. The van der Waals surface area contributed by atoms with Crippen LogP contribution in [0.1, 0.15) is 66.2 Å². The minimum atomic E-state index is -1.78. The predicted octanol–water partition coefficient (Wildman–Crippen LogP) is 4.73. The molecule has 0 saturated carbocycles. The summed E-state index contributed by atoms with van der Waals surface area (Å²) in [5.74, 6) is 0. The highest BCUT2D eigenvalue weighted by Gasteiger charge is 2.37. The van der Waals surface area contributed by atoms with E-state index in [0.717, 1.165) is 19.3 Å². The third-order valence-electron chi connectivity index (χ3n) is 3.69. The van der Waals surface area contributed by atoms with Crippen molar-refractivity contribution in [1.82, 2.24) is 0 Å². The number of aliphatic hydroxyl groups excluding tert-OH is 1. The first-order chi connectivity index (χ1) is 8.35. The van der Waals surface area contributed by atoms with E-state index < -0.39 is 8.32 Å². The third-order valence-corrected chi connectivity index (χ3v) is 7.35. The van der Waals surface area contributed by atoms with Gasteiger partial charge in [0, 0.05) is 11.6 Å². The summed E-state index contributed by atoms with van der Waals surface area (Å²) in [6.45, 7) is 13.1. The first kappa shape index (κ1) is 18.1. The quantitative estimate of drug-likeness (QED) is 0.461. The molecule has 1 N–H and O–H groups in total. The van der Waals surface area contributed by atoms with Crippen molar-refractivity contribution in [2.24, 2.45) is 0 Å². The number of hydrogen-bond donors (Lipinski definition) is 1. The Morgan fingerprint density at radius 3 is 2.11 bits per heavy atom. The summed E-state index contributed by atoms with van der Waals surface area (Å²) in [7, 11) is -1.78. The average molecular weight is 275 g/mol. The Labute approximate surface area is 115 Å². The van der Waals surface area contributed by atoms with E-state index in [1.165, 1.54) is 19.3 Å². The number of unbranched alkanes of at least 4 members (excludes halogenated alkanes) is 3. The lowest BCUT2D eigenvalue weighted by molar-refractivity contribution is 0.129. The molecule has 0 bridgehead atoms. The largest absolute Gasteiger partial charge is 0.415 e. The molecule has 0 saturated heterocycles. The maximum absolute atomic E-state index is 10.4. The molecule has 0 aliphatic carbocycles. The van der Waals surface area contributed by atoms with E-state index in [9.17, 15) is 5.11 Å². The zero-order valence-corrected chi connectivity index (χ0v) is 14.3. The Morgan fingerprint density at radius 2 is 1.67 bits per heavy atom. The summed E-state index contributed by atoms with van der Waals surface area (Å²) in [4.78, 5) is 0. The van der Waals surface area contributed by atoms with Gasteiger partial charge in [-0.05, 0) is 33.4 Å². The van der Waals surface area contributed by atoms with Crippen molar-refractivity contribution in [1.29, 1.82) is 0 Å². The zero-order chi connectivity index (χ0) is 14.2. The third kappa shape index (κ3) is 6.91. The molecule has 110 valence electrons. The lowest BCUT2D eigenvalue weighted by Gasteiger charge is -2.36. The molecule has 0 aliphatic rings. The molecule has 0 heterocycles. The number of hydrogen-bond acceptors (Lipinski definition) is 2. The van der Waals surface area contributed by atoms with E-state index in [1.807, 2.05) is 0 Å². The van der Waals surface area contributed by atoms with Crippen LogP contribution in [0, 0.1) is 0 Å². The van der Waals surface area contributed by atoms with Gasteiger partial charge < -0.3 is 9.53 Å². The van der Waals surface area contributed by atoms with Crippen molar-refractivity contribution in [3.05, 3.63) is 0 Å². The normalized spacial score (nSPS) is 16.0. The van der Waals surface area contributed by atoms with Crippen molar-refractivity contribution in [3.63, 3.8) is 0 Å². The maximum atomic E-state index is 10.4. The topological polar surface area (TPSA) is 29.5 Å². The van der Waals surface area contributed by atoms with Crippen molar-refractivity contribution in [3.8, 4) is 0 Å². The molecule has 3 heteroatoms. The fraction of sp³-hybridized carbons (Fsp3) is 1.00. The van der Waals surface area contributed by atoms with Crippen LogP contribution in [0.3, 0.4) is 0 Å². The lowest BCUT2D eigenvalue weighted by atomic mass is 10.1. The molecule has 0 unspecified atom stereocenters. The summed E-state index contributed by atoms with van der Waals surface area (Å²) >= 11 is 0. The Morgan fingerprint density at radius 1 is 1.06 bits per heavy atom. The Balaban J connectivity index is 4.28. The summed E-state index contributed by atoms with van der Waals surface area (Å²) in [6, 6.07) is 0. The highest BCUT2D eigenvalue weighted by Crippen LogP contribution is 2.33. The van der Waals surface area contributed by atoms with Gasteiger partial charge in [-0.1, -0.05) is 46.0 Å². The highest BCUT2D eigenvalue weighted by molar-refractivity contribution is 6.72. The van der Waals surface area contributed by atoms with Crippen LogP contribution in [0.25, 0.3) is 0 Å². The summed E-state index contributed by atoms with van der Waals surface area (Å²) in [5, 5.41) is 10.4. The van der Waals surface area contributed by atoms with E-state index in [-0.39, 0.29) is 12.2 Å². The average Bonchev–Trinajstić information content (AvgIpc) is 2.23. The van der Waals surface area contributed by atoms with Crippen LogP contribution >= 0.6 is 0 Å². The molecule has 0 fully saturated rings. The lowest BCUT2D eigenvalue weighted by Crippen LogP contribution is -2.43. The van der Waals surface area contributed by atoms with Crippen LogP contribution in [-0.4, -0.2) is 25.6 Å². The van der Waals surface area contributed by atoms with Crippen LogP contribution in [-0.2, 0) is 4.43 Å². The fourth-order valence-corrected chi connectivity index (χ4v) is 6.37. The monoisotopic (exact) mass is 274 g/mol. The molecule has 0 amide bonds. The fourth-order valence-electron chi connectivity index (χ4n) is 2.90. The molecule has 18 heavy (non-hydrogen) atoms. The molecule has 0 radical (unpaired) electrons. The molecule has 0 aromatic carbocycles. The predicted molar refractivity (Wildman–Crippen MR) is 82.5 cm³/mol. The molecule has 0 aromatic rings. The zero-order valence-electron chi connectivity index (χ0n) is 13.3. The van der Waals surface area contributed by atoms with Crippen molar-refractivity contribution in [2.45, 2.75) is 97.1 Å². The van der Waals surface area contributed by atoms with Crippen LogP contribution in [0.5, 0.6) is 0 Å². The van der Waals surface area contributed by atoms with Gasteiger partial charge in [0.25, 0.3) is 0 Å². The van der Waals surface area contributed by atoms with Gasteiger partial charge in [-0.2, -0.15) is 0 Å². The van der Waals surface area contributed by atoms with Crippen LogP contribution in [0.4, 0.5) is 0 Å². The minimum Gasteiger partial charge on any atom is -0.415 e. The Hall–Kier alpha value is 0.137. The smallest absolute Gasteiger partial charge is 0.192 e. The molecule has 0 rings (SSSR count). The standard InChI is InChI=1S/C15H34O2Si/c1-7-9-10-11-12-14(16)15(8-2)18(5,6)17-13(3)4/h13-16H,7-12H2,1-6H3/t14-,15-/m1/s1. The Bertz CT molecular complexity index is 205. The minimum absolute atomic E-state index is 0.174. The van der Waals surface area contributed by atoms with Gasteiger partial charge in [0.2, 0.25) is 0 Å². The van der Waals surface area contributed by atoms with E-state index in [1.54, 1.807) is 0 Å². The van der Waals surface area contributed by atoms with E-state index in [0.29, 0.717) is 5.54 Å². The van der Waals surface area contributed by atoms with Gasteiger partial charge in [-0.25, -0.2) is 0 Å². The van der Waals surface area contributed by atoms with E-state index in [4.69, 9.17) is 4.43 Å².